The Morgan fingerprint density at radius 1 is 1.23 bits per heavy atom. The Balaban J connectivity index is 1.83. The highest BCUT2D eigenvalue weighted by atomic mass is 127. The van der Waals surface area contributed by atoms with E-state index >= 15 is 0 Å². The summed E-state index contributed by atoms with van der Waals surface area (Å²) in [5, 5.41) is 0.114. The first-order chi connectivity index (χ1) is 14.3. The van der Waals surface area contributed by atoms with Crippen molar-refractivity contribution in [1.82, 2.24) is 4.90 Å². The summed E-state index contributed by atoms with van der Waals surface area (Å²) in [6.07, 6.45) is 2.36. The topological polar surface area (TPSA) is 55.8 Å². The molecule has 0 radical (unpaired) electrons. The average molecular weight is 558 g/mol. The van der Waals surface area contributed by atoms with Gasteiger partial charge in [-0.25, -0.2) is 0 Å². The molecule has 1 aliphatic rings. The van der Waals surface area contributed by atoms with E-state index in [1.54, 1.807) is 18.2 Å². The summed E-state index contributed by atoms with van der Waals surface area (Å²) >= 11 is 9.64. The minimum Gasteiger partial charge on any atom is -0.493 e. The van der Waals surface area contributed by atoms with E-state index in [2.05, 4.69) is 22.6 Å². The number of carbonyl (C=O) groups is 2. The van der Waals surface area contributed by atoms with E-state index in [4.69, 9.17) is 21.1 Å². The fourth-order valence-electron chi connectivity index (χ4n) is 2.89. The molecule has 0 bridgehead atoms. The van der Waals surface area contributed by atoms with Crippen LogP contribution in [0.2, 0.25) is 5.02 Å². The molecule has 1 heterocycles. The van der Waals surface area contributed by atoms with Crippen molar-refractivity contribution < 1.29 is 19.1 Å². The minimum atomic E-state index is -0.284. The molecule has 0 aromatic heterocycles. The fourth-order valence-corrected chi connectivity index (χ4v) is 4.46. The molecule has 30 heavy (non-hydrogen) atoms. The highest BCUT2D eigenvalue weighted by Gasteiger charge is 2.37. The lowest BCUT2D eigenvalue weighted by atomic mass is 10.1. The van der Waals surface area contributed by atoms with Crippen LogP contribution in [0.4, 0.5) is 4.79 Å². The second kappa shape index (κ2) is 10.1. The van der Waals surface area contributed by atoms with Crippen molar-refractivity contribution >= 4 is 63.2 Å². The molecule has 1 fully saturated rings. The van der Waals surface area contributed by atoms with Gasteiger partial charge in [-0.15, -0.1) is 0 Å². The average Bonchev–Trinajstić information content (AvgIpc) is 3.00. The van der Waals surface area contributed by atoms with Gasteiger partial charge in [0.1, 0.15) is 6.61 Å². The summed E-state index contributed by atoms with van der Waals surface area (Å²) < 4.78 is 12.5. The SMILES string of the molecule is CC[C@@H](C)N1C(=O)S/C(=C/c2cc(Cl)c(OCc3ccc(I)cc3)c(OC)c2)C1=O. The molecule has 0 spiro atoms. The Kier molecular flexibility index (Phi) is 7.70. The van der Waals surface area contributed by atoms with Crippen molar-refractivity contribution in [1.29, 1.82) is 0 Å². The Hall–Kier alpha value is -1.71. The molecule has 158 valence electrons. The molecule has 1 saturated heterocycles. The van der Waals surface area contributed by atoms with Crippen molar-refractivity contribution in [2.75, 3.05) is 7.11 Å². The lowest BCUT2D eigenvalue weighted by Crippen LogP contribution is -2.36. The van der Waals surface area contributed by atoms with E-state index in [-0.39, 0.29) is 17.2 Å². The summed E-state index contributed by atoms with van der Waals surface area (Å²) in [6, 6.07) is 11.3. The largest absolute Gasteiger partial charge is 0.493 e. The van der Waals surface area contributed by atoms with E-state index in [9.17, 15) is 9.59 Å². The van der Waals surface area contributed by atoms with E-state index < -0.39 is 0 Å². The van der Waals surface area contributed by atoms with Gasteiger partial charge in [0.05, 0.1) is 17.0 Å². The van der Waals surface area contributed by atoms with Crippen LogP contribution in [0, 0.1) is 3.57 Å². The molecule has 0 aliphatic carbocycles. The number of amides is 2. The lowest BCUT2D eigenvalue weighted by Gasteiger charge is -2.19. The Morgan fingerprint density at radius 2 is 1.93 bits per heavy atom. The van der Waals surface area contributed by atoms with Crippen molar-refractivity contribution in [3.8, 4) is 11.5 Å². The number of rotatable bonds is 7. The van der Waals surface area contributed by atoms with Crippen LogP contribution >= 0.6 is 46.0 Å². The Bertz CT molecular complexity index is 993. The second-order valence-corrected chi connectivity index (χ2v) is 9.40. The number of halogens is 2. The first-order valence-corrected chi connectivity index (χ1v) is 11.6. The normalized spacial score (nSPS) is 16.3. The number of ether oxygens (including phenoxy) is 2. The van der Waals surface area contributed by atoms with Crippen molar-refractivity contribution in [2.24, 2.45) is 0 Å². The van der Waals surface area contributed by atoms with Crippen LogP contribution in [-0.2, 0) is 11.4 Å². The first-order valence-electron chi connectivity index (χ1n) is 9.35. The Labute approximate surface area is 198 Å². The van der Waals surface area contributed by atoms with E-state index in [1.807, 2.05) is 38.1 Å². The molecule has 0 unspecified atom stereocenters. The predicted molar refractivity (Wildman–Crippen MR) is 129 cm³/mol. The molecule has 2 aromatic rings. The van der Waals surface area contributed by atoms with E-state index in [1.165, 1.54) is 12.0 Å². The third-order valence-electron chi connectivity index (χ3n) is 4.70. The molecule has 8 heteroatoms. The van der Waals surface area contributed by atoms with Crippen LogP contribution in [-0.4, -0.2) is 29.2 Å². The number of imide groups is 1. The zero-order chi connectivity index (χ0) is 21.8. The quantitative estimate of drug-likeness (QED) is 0.293. The van der Waals surface area contributed by atoms with Gasteiger partial charge < -0.3 is 9.47 Å². The third-order valence-corrected chi connectivity index (χ3v) is 6.58. The van der Waals surface area contributed by atoms with Crippen LogP contribution in [0.25, 0.3) is 6.08 Å². The van der Waals surface area contributed by atoms with Gasteiger partial charge in [0.25, 0.3) is 11.1 Å². The molecule has 1 aliphatic heterocycles. The molecule has 0 saturated carbocycles. The number of thioether (sulfide) groups is 1. The van der Waals surface area contributed by atoms with Gasteiger partial charge in [-0.3, -0.25) is 14.5 Å². The highest BCUT2D eigenvalue weighted by Crippen LogP contribution is 2.39. The van der Waals surface area contributed by atoms with E-state index in [0.717, 1.165) is 20.9 Å². The van der Waals surface area contributed by atoms with Crippen molar-refractivity contribution in [2.45, 2.75) is 32.9 Å². The maximum Gasteiger partial charge on any atom is 0.293 e. The van der Waals surface area contributed by atoms with Gasteiger partial charge in [0.2, 0.25) is 0 Å². The smallest absolute Gasteiger partial charge is 0.293 e. The zero-order valence-corrected chi connectivity index (χ0v) is 20.5. The van der Waals surface area contributed by atoms with Gasteiger partial charge in [0.15, 0.2) is 11.5 Å². The molecule has 2 amide bonds. The van der Waals surface area contributed by atoms with Gasteiger partial charge in [-0.2, -0.15) is 0 Å². The molecule has 2 aromatic carbocycles. The molecular formula is C22H21ClINO4S. The van der Waals surface area contributed by atoms with Gasteiger partial charge in [0, 0.05) is 9.61 Å². The van der Waals surface area contributed by atoms with Crippen LogP contribution in [0.3, 0.4) is 0 Å². The van der Waals surface area contributed by atoms with Gasteiger partial charge >= 0.3 is 0 Å². The van der Waals surface area contributed by atoms with Crippen molar-refractivity contribution in [3.63, 3.8) is 0 Å². The summed E-state index contributed by atoms with van der Waals surface area (Å²) in [6.45, 7) is 4.15. The maximum atomic E-state index is 12.6. The van der Waals surface area contributed by atoms with E-state index in [0.29, 0.717) is 40.0 Å². The predicted octanol–water partition coefficient (Wildman–Crippen LogP) is 6.37. The molecule has 3 rings (SSSR count). The fraction of sp³-hybridized carbons (Fsp3) is 0.273. The van der Waals surface area contributed by atoms with Gasteiger partial charge in [-0.05, 0) is 89.2 Å². The molecule has 5 nitrogen and oxygen atoms in total. The van der Waals surface area contributed by atoms with Crippen LogP contribution in [0.1, 0.15) is 31.4 Å². The number of nitrogens with zero attached hydrogens (tertiary/aromatic N) is 1. The zero-order valence-electron chi connectivity index (χ0n) is 16.8. The number of methoxy groups -OCH3 is 1. The highest BCUT2D eigenvalue weighted by molar-refractivity contribution is 14.1. The number of hydrogen-bond acceptors (Lipinski definition) is 5. The molecular weight excluding hydrogens is 537 g/mol. The van der Waals surface area contributed by atoms with Crippen LogP contribution in [0.15, 0.2) is 41.3 Å². The number of carbonyl (C=O) groups excluding carboxylic acids is 2. The third kappa shape index (κ3) is 5.12. The van der Waals surface area contributed by atoms with Crippen molar-refractivity contribution in [3.05, 3.63) is 61.0 Å². The summed E-state index contributed by atoms with van der Waals surface area (Å²) in [5.41, 5.74) is 1.67. The molecule has 1 atom stereocenters. The molecule has 0 N–H and O–H groups in total. The summed E-state index contributed by atoms with van der Waals surface area (Å²) in [4.78, 5) is 26.5. The standard InChI is InChI=1S/C22H21ClINO4S/c1-4-13(2)25-21(26)19(30-22(25)27)11-15-9-17(23)20(18(10-15)28-3)29-12-14-5-7-16(24)8-6-14/h5-11,13H,4,12H2,1-3H3/b19-11+/t13-/m1/s1. The number of benzene rings is 2. The first kappa shape index (κ1) is 23.0. The lowest BCUT2D eigenvalue weighted by molar-refractivity contribution is -0.124. The van der Waals surface area contributed by atoms with Gasteiger partial charge in [-0.1, -0.05) is 30.7 Å². The Morgan fingerprint density at radius 3 is 2.57 bits per heavy atom. The van der Waals surface area contributed by atoms with Crippen LogP contribution in [0.5, 0.6) is 11.5 Å². The maximum absolute atomic E-state index is 12.6. The summed E-state index contributed by atoms with van der Waals surface area (Å²) in [5.74, 6) is 0.608. The summed E-state index contributed by atoms with van der Waals surface area (Å²) in [7, 11) is 1.53. The monoisotopic (exact) mass is 557 g/mol. The minimum absolute atomic E-state index is 0.140. The number of hydrogen-bond donors (Lipinski definition) is 0. The second-order valence-electron chi connectivity index (χ2n) is 6.76. The van der Waals surface area contributed by atoms with Crippen LogP contribution < -0.4 is 9.47 Å².